The lowest BCUT2D eigenvalue weighted by Crippen LogP contribution is -2.49. The average Bonchev–Trinajstić information content (AvgIpc) is 3.50. The van der Waals surface area contributed by atoms with Crippen molar-refractivity contribution in [2.75, 3.05) is 32.7 Å². The van der Waals surface area contributed by atoms with Gasteiger partial charge in [-0.05, 0) is 42.7 Å². The number of likely N-dealkylation sites (tertiary alicyclic amines) is 1. The lowest BCUT2D eigenvalue weighted by molar-refractivity contribution is -0.136. The number of nitrogens with zero attached hydrogens (tertiary/aromatic N) is 5. The summed E-state index contributed by atoms with van der Waals surface area (Å²) in [5, 5.41) is 25.0. The molecule has 290 valence electrons. The van der Waals surface area contributed by atoms with Crippen molar-refractivity contribution in [2.24, 2.45) is 7.05 Å². The maximum atomic E-state index is 13.6. The summed E-state index contributed by atoms with van der Waals surface area (Å²) in [5.41, 5.74) is 2.98. The van der Waals surface area contributed by atoms with Gasteiger partial charge in [-0.15, -0.1) is 0 Å². The van der Waals surface area contributed by atoms with Gasteiger partial charge in [0.25, 0.3) is 5.56 Å². The maximum Gasteiger partial charge on any atom is 0.281 e. The first-order valence-electron chi connectivity index (χ1n) is 19.3. The number of benzene rings is 2. The molecule has 0 saturated carbocycles. The van der Waals surface area contributed by atoms with Crippen LogP contribution in [0.25, 0.3) is 22.3 Å². The van der Waals surface area contributed by atoms with E-state index < -0.39 is 5.60 Å². The second-order valence-electron chi connectivity index (χ2n) is 14.7. The monoisotopic (exact) mass is 740 g/mol. The number of aliphatic hydroxyl groups is 1. The third-order valence-electron chi connectivity index (χ3n) is 10.3. The van der Waals surface area contributed by atoms with Crippen LogP contribution in [0.15, 0.2) is 65.7 Å². The van der Waals surface area contributed by atoms with E-state index >= 15 is 0 Å². The molecule has 0 radical (unpaired) electrons. The van der Waals surface area contributed by atoms with Gasteiger partial charge in [-0.1, -0.05) is 87.2 Å². The van der Waals surface area contributed by atoms with Gasteiger partial charge in [0, 0.05) is 58.7 Å². The summed E-state index contributed by atoms with van der Waals surface area (Å²) in [6.45, 7) is 6.68. The topological polar surface area (TPSA) is 163 Å². The van der Waals surface area contributed by atoms with Crippen molar-refractivity contribution in [1.29, 1.82) is 0 Å². The molecule has 2 aromatic heterocycles. The van der Waals surface area contributed by atoms with Crippen LogP contribution in [-0.4, -0.2) is 85.4 Å². The van der Waals surface area contributed by atoms with E-state index in [2.05, 4.69) is 33.0 Å². The summed E-state index contributed by atoms with van der Waals surface area (Å²) in [5.74, 6) is 0.167. The standard InChI is InChI=1S/C41H56N8O5/c1-30(33-13-9-8-10-14-33)25-36(52)48-23-19-41(54,20-24-48)28-49-29-45-37-38(40(49)53)46-47(3)39(37)34-17-15-32(16-18-34)26-42-27-35(51)44-22-12-7-5-4-6-11-21-43-31(2)50/h8-10,13-18,29-30,42,54H,4-7,11-12,19-28H2,1-3H3,(H,43,50)(H,44,51). The Bertz CT molecular complexity index is 1900. The van der Waals surface area contributed by atoms with Crippen molar-refractivity contribution in [3.05, 3.63) is 82.4 Å². The highest BCUT2D eigenvalue weighted by molar-refractivity contribution is 5.89. The van der Waals surface area contributed by atoms with E-state index in [-0.39, 0.29) is 47.8 Å². The number of nitrogens with one attached hydrogen (secondary N) is 3. The Morgan fingerprint density at radius 2 is 1.54 bits per heavy atom. The molecule has 1 aliphatic rings. The van der Waals surface area contributed by atoms with Gasteiger partial charge in [0.15, 0.2) is 5.52 Å². The van der Waals surface area contributed by atoms with Crippen molar-refractivity contribution >= 4 is 28.8 Å². The molecule has 1 aliphatic heterocycles. The number of aromatic nitrogens is 4. The minimum absolute atomic E-state index is 0.0176. The molecule has 0 bridgehead atoms. The molecule has 1 fully saturated rings. The number of unbranched alkanes of at least 4 members (excludes halogenated alkanes) is 5. The lowest BCUT2D eigenvalue weighted by atomic mass is 9.90. The molecular formula is C41H56N8O5. The second kappa shape index (κ2) is 19.4. The van der Waals surface area contributed by atoms with Crippen LogP contribution >= 0.6 is 0 Å². The number of amides is 3. The molecule has 4 N–H and O–H groups in total. The van der Waals surface area contributed by atoms with Crippen LogP contribution in [0.2, 0.25) is 0 Å². The molecule has 5 rings (SSSR count). The Hall–Kier alpha value is -4.88. The quantitative estimate of drug-likeness (QED) is 0.105. The van der Waals surface area contributed by atoms with E-state index in [0.29, 0.717) is 56.7 Å². The van der Waals surface area contributed by atoms with E-state index in [9.17, 15) is 24.3 Å². The number of rotatable bonds is 19. The Labute approximate surface area is 317 Å². The highest BCUT2D eigenvalue weighted by Crippen LogP contribution is 2.28. The Morgan fingerprint density at radius 1 is 0.889 bits per heavy atom. The molecule has 13 heteroatoms. The third kappa shape index (κ3) is 11.3. The fourth-order valence-corrected chi connectivity index (χ4v) is 7.08. The number of carbonyl (C=O) groups is 3. The van der Waals surface area contributed by atoms with Crippen LogP contribution in [0.5, 0.6) is 0 Å². The minimum atomic E-state index is -1.14. The van der Waals surface area contributed by atoms with Gasteiger partial charge in [0.1, 0.15) is 5.52 Å². The van der Waals surface area contributed by atoms with Gasteiger partial charge >= 0.3 is 0 Å². The predicted octanol–water partition coefficient (Wildman–Crippen LogP) is 4.03. The van der Waals surface area contributed by atoms with Crippen LogP contribution in [0.1, 0.15) is 88.7 Å². The van der Waals surface area contributed by atoms with Gasteiger partial charge in [0.05, 0.1) is 30.7 Å². The molecular weight excluding hydrogens is 685 g/mol. The summed E-state index contributed by atoms with van der Waals surface area (Å²) < 4.78 is 3.09. The molecule has 1 atom stereocenters. The summed E-state index contributed by atoms with van der Waals surface area (Å²) in [7, 11) is 1.78. The minimum Gasteiger partial charge on any atom is -0.388 e. The zero-order valence-corrected chi connectivity index (χ0v) is 32.0. The number of piperidine rings is 1. The molecule has 4 aromatic rings. The average molecular weight is 741 g/mol. The summed E-state index contributed by atoms with van der Waals surface area (Å²) in [6.07, 6.45) is 9.00. The van der Waals surface area contributed by atoms with Crippen LogP contribution < -0.4 is 21.5 Å². The number of aryl methyl sites for hydroxylation is 1. The first-order chi connectivity index (χ1) is 26.0. The smallest absolute Gasteiger partial charge is 0.281 e. The Morgan fingerprint density at radius 3 is 2.20 bits per heavy atom. The SMILES string of the molecule is CC(=O)NCCCCCCCCNC(=O)CNCc1ccc(-c2c3ncn(CC4(O)CCN(C(=O)CC(C)c5ccccc5)CC4)c(=O)c3nn2C)cc1. The normalized spacial score (nSPS) is 14.6. The van der Waals surface area contributed by atoms with Crippen LogP contribution in [0, 0.1) is 0 Å². The largest absolute Gasteiger partial charge is 0.388 e. The van der Waals surface area contributed by atoms with Gasteiger partial charge in [-0.25, -0.2) is 4.98 Å². The highest BCUT2D eigenvalue weighted by atomic mass is 16.3. The number of hydrogen-bond donors (Lipinski definition) is 4. The molecule has 54 heavy (non-hydrogen) atoms. The predicted molar refractivity (Wildman–Crippen MR) is 210 cm³/mol. The molecule has 1 saturated heterocycles. The first-order valence-corrected chi connectivity index (χ1v) is 19.3. The van der Waals surface area contributed by atoms with Crippen molar-refractivity contribution in [3.8, 4) is 11.3 Å². The van der Waals surface area contributed by atoms with E-state index in [1.54, 1.807) is 11.7 Å². The number of hydrogen-bond acceptors (Lipinski definition) is 8. The fraction of sp³-hybridized carbons (Fsp3) is 0.512. The molecule has 13 nitrogen and oxygen atoms in total. The molecule has 1 unspecified atom stereocenters. The van der Waals surface area contributed by atoms with E-state index in [1.165, 1.54) is 17.8 Å². The summed E-state index contributed by atoms with van der Waals surface area (Å²) in [6, 6.07) is 17.9. The highest BCUT2D eigenvalue weighted by Gasteiger charge is 2.35. The Balaban J connectivity index is 1.06. The van der Waals surface area contributed by atoms with Gasteiger partial charge in [-0.2, -0.15) is 5.10 Å². The second-order valence-corrected chi connectivity index (χ2v) is 14.7. The van der Waals surface area contributed by atoms with Crippen molar-refractivity contribution in [1.82, 2.24) is 40.2 Å². The summed E-state index contributed by atoms with van der Waals surface area (Å²) >= 11 is 0. The lowest BCUT2D eigenvalue weighted by Gasteiger charge is -2.38. The first kappa shape index (κ1) is 40.3. The number of fused-ring (bicyclic) bond motifs is 1. The molecule has 2 aromatic carbocycles. The molecule has 0 spiro atoms. The fourth-order valence-electron chi connectivity index (χ4n) is 7.08. The van der Waals surface area contributed by atoms with Gasteiger partial charge < -0.3 is 26.0 Å². The molecule has 3 amide bonds. The van der Waals surface area contributed by atoms with Crippen molar-refractivity contribution in [3.63, 3.8) is 0 Å². The Kier molecular flexibility index (Phi) is 14.5. The van der Waals surface area contributed by atoms with Crippen LogP contribution in [-0.2, 0) is 34.5 Å². The molecule has 3 heterocycles. The van der Waals surface area contributed by atoms with Crippen LogP contribution in [0.3, 0.4) is 0 Å². The zero-order chi connectivity index (χ0) is 38.5. The zero-order valence-electron chi connectivity index (χ0n) is 32.0. The van der Waals surface area contributed by atoms with Gasteiger partial charge in [0.2, 0.25) is 17.7 Å². The number of carbonyl (C=O) groups excluding carboxylic acids is 3. The van der Waals surface area contributed by atoms with Crippen LogP contribution in [0.4, 0.5) is 0 Å². The van der Waals surface area contributed by atoms with E-state index in [0.717, 1.165) is 61.8 Å². The van der Waals surface area contributed by atoms with Gasteiger partial charge in [-0.3, -0.25) is 28.4 Å². The van der Waals surface area contributed by atoms with E-state index in [4.69, 9.17) is 0 Å². The third-order valence-corrected chi connectivity index (χ3v) is 10.3. The summed E-state index contributed by atoms with van der Waals surface area (Å²) in [4.78, 5) is 56.2. The maximum absolute atomic E-state index is 13.6. The van der Waals surface area contributed by atoms with E-state index in [1.807, 2.05) is 59.5 Å². The van der Waals surface area contributed by atoms with Crippen molar-refractivity contribution < 1.29 is 19.5 Å². The molecule has 0 aliphatic carbocycles. The van der Waals surface area contributed by atoms with Crippen molar-refractivity contribution in [2.45, 2.75) is 96.2 Å².